The fourth-order valence-electron chi connectivity index (χ4n) is 5.22. The highest BCUT2D eigenvalue weighted by atomic mass is 32.2. The number of rotatable bonds is 13. The lowest BCUT2D eigenvalue weighted by molar-refractivity contribution is -0.141. The molecule has 0 spiro atoms. The number of hydrogen-bond donors (Lipinski definition) is 1. The highest BCUT2D eigenvalue weighted by molar-refractivity contribution is 7.92. The van der Waals surface area contributed by atoms with E-state index < -0.39 is 16.1 Å². The number of nitrogens with zero attached hydrogens (tertiary/aromatic N) is 2. The molecule has 3 rings (SSSR count). The summed E-state index contributed by atoms with van der Waals surface area (Å²) in [5, 5.41) is 3.19. The van der Waals surface area contributed by atoms with Crippen molar-refractivity contribution < 1.29 is 22.7 Å². The Morgan fingerprint density at radius 3 is 2.31 bits per heavy atom. The van der Waals surface area contributed by atoms with Crippen LogP contribution in [0.15, 0.2) is 48.5 Å². The van der Waals surface area contributed by atoms with Crippen LogP contribution in [0.5, 0.6) is 5.75 Å². The van der Waals surface area contributed by atoms with E-state index in [0.717, 1.165) is 42.6 Å². The van der Waals surface area contributed by atoms with Crippen LogP contribution < -0.4 is 14.4 Å². The fraction of sp³-hybridized carbons (Fsp3) is 0.533. The van der Waals surface area contributed by atoms with E-state index in [1.165, 1.54) is 17.0 Å². The molecule has 0 heterocycles. The van der Waals surface area contributed by atoms with E-state index in [4.69, 9.17) is 4.74 Å². The van der Waals surface area contributed by atoms with E-state index >= 15 is 0 Å². The van der Waals surface area contributed by atoms with Gasteiger partial charge >= 0.3 is 0 Å². The van der Waals surface area contributed by atoms with Gasteiger partial charge in [0.1, 0.15) is 11.8 Å². The Kier molecular flexibility index (Phi) is 11.2. The predicted molar refractivity (Wildman–Crippen MR) is 155 cm³/mol. The molecule has 2 amide bonds. The molecule has 0 aromatic heterocycles. The zero-order valence-electron chi connectivity index (χ0n) is 23.7. The first-order valence-electron chi connectivity index (χ1n) is 13.9. The lowest BCUT2D eigenvalue weighted by Crippen LogP contribution is -2.51. The summed E-state index contributed by atoms with van der Waals surface area (Å²) >= 11 is 0. The molecule has 1 aliphatic carbocycles. The Morgan fingerprint density at radius 1 is 1.05 bits per heavy atom. The quantitative estimate of drug-likeness (QED) is 0.382. The van der Waals surface area contributed by atoms with E-state index in [0.29, 0.717) is 18.5 Å². The molecule has 0 unspecified atom stereocenters. The largest absolute Gasteiger partial charge is 0.497 e. The average Bonchev–Trinajstić information content (AvgIpc) is 2.91. The first-order chi connectivity index (χ1) is 18.6. The van der Waals surface area contributed by atoms with E-state index in [9.17, 15) is 18.0 Å². The fourth-order valence-corrected chi connectivity index (χ4v) is 6.24. The zero-order valence-corrected chi connectivity index (χ0v) is 24.5. The van der Waals surface area contributed by atoms with Crippen molar-refractivity contribution in [3.8, 4) is 5.75 Å². The molecule has 9 heteroatoms. The number of methoxy groups -OCH3 is 1. The third-order valence-corrected chi connectivity index (χ3v) is 8.57. The number of anilines is 1. The van der Waals surface area contributed by atoms with Gasteiger partial charge in [0.2, 0.25) is 21.8 Å². The van der Waals surface area contributed by atoms with Gasteiger partial charge in [-0.3, -0.25) is 13.9 Å². The van der Waals surface area contributed by atoms with Crippen molar-refractivity contribution in [3.63, 3.8) is 0 Å². The van der Waals surface area contributed by atoms with Gasteiger partial charge in [-0.05, 0) is 61.9 Å². The number of carbonyl (C=O) groups is 2. The smallest absolute Gasteiger partial charge is 0.243 e. The SMILES string of the molecule is CC[C@@H](C(=O)NC1CCCCC1)N(Cc1ccc(OC)cc1)C(=O)CCCN(c1ccccc1C)S(C)(=O)=O. The highest BCUT2D eigenvalue weighted by Crippen LogP contribution is 2.24. The van der Waals surface area contributed by atoms with Gasteiger partial charge in [0.15, 0.2) is 0 Å². The number of nitrogens with one attached hydrogen (secondary N) is 1. The van der Waals surface area contributed by atoms with Gasteiger partial charge in [0.05, 0.1) is 19.1 Å². The molecular formula is C30H43N3O5S. The van der Waals surface area contributed by atoms with E-state index in [2.05, 4.69) is 5.32 Å². The molecule has 1 N–H and O–H groups in total. The molecule has 1 fully saturated rings. The monoisotopic (exact) mass is 557 g/mol. The molecule has 2 aromatic rings. The van der Waals surface area contributed by atoms with Crippen LogP contribution in [0.1, 0.15) is 69.4 Å². The number of benzene rings is 2. The molecule has 8 nitrogen and oxygen atoms in total. The van der Waals surface area contributed by atoms with Gasteiger partial charge in [0.25, 0.3) is 0 Å². The lowest BCUT2D eigenvalue weighted by Gasteiger charge is -2.33. The van der Waals surface area contributed by atoms with Crippen LogP contribution in [0, 0.1) is 6.92 Å². The minimum atomic E-state index is -3.53. The van der Waals surface area contributed by atoms with E-state index in [1.807, 2.05) is 50.2 Å². The van der Waals surface area contributed by atoms with Crippen molar-refractivity contribution >= 4 is 27.5 Å². The maximum absolute atomic E-state index is 13.7. The summed E-state index contributed by atoms with van der Waals surface area (Å²) in [6.07, 6.45) is 7.46. The Morgan fingerprint density at radius 2 is 1.72 bits per heavy atom. The van der Waals surface area contributed by atoms with Crippen molar-refractivity contribution in [2.24, 2.45) is 0 Å². The Balaban J connectivity index is 1.77. The Bertz CT molecular complexity index is 1190. The van der Waals surface area contributed by atoms with Crippen molar-refractivity contribution in [2.45, 2.75) is 83.8 Å². The molecule has 39 heavy (non-hydrogen) atoms. The summed E-state index contributed by atoms with van der Waals surface area (Å²) in [5.41, 5.74) is 2.35. The molecule has 0 saturated heterocycles. The number of ether oxygens (including phenoxy) is 1. The summed E-state index contributed by atoms with van der Waals surface area (Å²) in [6, 6.07) is 14.3. The van der Waals surface area contributed by atoms with Crippen LogP contribution in [0.4, 0.5) is 5.69 Å². The van der Waals surface area contributed by atoms with Gasteiger partial charge < -0.3 is 15.0 Å². The topological polar surface area (TPSA) is 96.0 Å². The van der Waals surface area contributed by atoms with E-state index in [-0.39, 0.29) is 37.4 Å². The number of sulfonamides is 1. The van der Waals surface area contributed by atoms with Crippen molar-refractivity contribution in [1.29, 1.82) is 0 Å². The van der Waals surface area contributed by atoms with Crippen molar-refractivity contribution in [1.82, 2.24) is 10.2 Å². The third kappa shape index (κ3) is 8.71. The second-order valence-corrected chi connectivity index (χ2v) is 12.3. The molecule has 1 saturated carbocycles. The van der Waals surface area contributed by atoms with Gasteiger partial charge in [-0.15, -0.1) is 0 Å². The van der Waals surface area contributed by atoms with Gasteiger partial charge in [-0.1, -0.05) is 56.5 Å². The predicted octanol–water partition coefficient (Wildman–Crippen LogP) is 4.81. The van der Waals surface area contributed by atoms with Crippen LogP contribution in [0.2, 0.25) is 0 Å². The van der Waals surface area contributed by atoms with Crippen LogP contribution in [0.3, 0.4) is 0 Å². The summed E-state index contributed by atoms with van der Waals surface area (Å²) < 4.78 is 31.8. The lowest BCUT2D eigenvalue weighted by atomic mass is 9.95. The molecule has 214 valence electrons. The standard InChI is InChI=1S/C30H43N3O5S/c1-5-27(30(35)31-25-13-7-6-8-14-25)32(22-24-17-19-26(38-3)20-18-24)29(34)16-11-21-33(39(4,36)37)28-15-10-9-12-23(28)2/h9-10,12,15,17-20,25,27H,5-8,11,13-14,16,21-22H2,1-4H3,(H,31,35)/t27-/m0/s1. The molecule has 2 aromatic carbocycles. The number of para-hydroxylation sites is 1. The molecule has 0 aliphatic heterocycles. The van der Waals surface area contributed by atoms with Crippen LogP contribution in [-0.4, -0.2) is 57.1 Å². The molecular weight excluding hydrogens is 514 g/mol. The summed E-state index contributed by atoms with van der Waals surface area (Å²) in [4.78, 5) is 28.7. The highest BCUT2D eigenvalue weighted by Gasteiger charge is 2.30. The summed E-state index contributed by atoms with van der Waals surface area (Å²) in [5.74, 6) is 0.425. The number of carbonyl (C=O) groups excluding carboxylic acids is 2. The molecule has 1 aliphatic rings. The van der Waals surface area contributed by atoms with Crippen molar-refractivity contribution in [2.75, 3.05) is 24.2 Å². The minimum absolute atomic E-state index is 0.121. The Labute approximate surface area is 233 Å². The second kappa shape index (κ2) is 14.4. The number of amides is 2. The van der Waals surface area contributed by atoms with Gasteiger partial charge in [0, 0.05) is 25.6 Å². The summed E-state index contributed by atoms with van der Waals surface area (Å²) in [6.45, 7) is 4.25. The molecule has 1 atom stereocenters. The first-order valence-corrected chi connectivity index (χ1v) is 15.7. The number of hydrogen-bond acceptors (Lipinski definition) is 5. The molecule has 0 radical (unpaired) electrons. The average molecular weight is 558 g/mol. The third-order valence-electron chi connectivity index (χ3n) is 7.39. The first kappa shape index (κ1) is 30.5. The van der Waals surface area contributed by atoms with Crippen LogP contribution in [-0.2, 0) is 26.2 Å². The maximum atomic E-state index is 13.7. The molecule has 0 bridgehead atoms. The normalized spacial score (nSPS) is 14.9. The Hall–Kier alpha value is -3.07. The van der Waals surface area contributed by atoms with Gasteiger partial charge in [-0.25, -0.2) is 8.42 Å². The second-order valence-electron chi connectivity index (χ2n) is 10.4. The van der Waals surface area contributed by atoms with Crippen LogP contribution in [0.25, 0.3) is 0 Å². The zero-order chi connectivity index (χ0) is 28.4. The van der Waals surface area contributed by atoms with Gasteiger partial charge in [-0.2, -0.15) is 0 Å². The van der Waals surface area contributed by atoms with Crippen molar-refractivity contribution in [3.05, 3.63) is 59.7 Å². The maximum Gasteiger partial charge on any atom is 0.243 e. The van der Waals surface area contributed by atoms with Crippen LogP contribution >= 0.6 is 0 Å². The summed E-state index contributed by atoms with van der Waals surface area (Å²) in [7, 11) is -1.93. The minimum Gasteiger partial charge on any atom is -0.497 e. The number of aryl methyl sites for hydroxylation is 1. The van der Waals surface area contributed by atoms with E-state index in [1.54, 1.807) is 24.1 Å².